The second kappa shape index (κ2) is 10.4. The number of allylic oxidation sites excluding steroid dienone is 1. The minimum Gasteiger partial charge on any atom is -0.497 e. The van der Waals surface area contributed by atoms with Crippen LogP contribution in [-0.4, -0.2) is 26.8 Å². The number of carbonyl (C=O) groups excluding carboxylic acids is 1. The van der Waals surface area contributed by atoms with Crippen LogP contribution in [0.2, 0.25) is 0 Å². The number of fused-ring (bicyclic) bond motifs is 1. The van der Waals surface area contributed by atoms with E-state index in [1.165, 1.54) is 0 Å². The number of rotatable bonds is 7. The SMILES string of the molecule is COc1ccc2c(c1)C(=CC(=O)c1ccc(NS(=O)(=O)c3ccc(-c4ccccc4)cc3)cc1)NC(C)(C)C2. The van der Waals surface area contributed by atoms with E-state index in [-0.39, 0.29) is 16.2 Å². The first-order valence-electron chi connectivity index (χ1n) is 12.6. The van der Waals surface area contributed by atoms with Gasteiger partial charge >= 0.3 is 0 Å². The molecule has 6 nitrogen and oxygen atoms in total. The number of ether oxygens (including phenoxy) is 1. The molecular formula is C32H30N2O4S. The van der Waals surface area contributed by atoms with Gasteiger partial charge in [-0.2, -0.15) is 0 Å². The predicted octanol–water partition coefficient (Wildman–Crippen LogP) is 6.31. The third-order valence-electron chi connectivity index (χ3n) is 6.68. The molecule has 7 heteroatoms. The van der Waals surface area contributed by atoms with Gasteiger partial charge in [0.1, 0.15) is 5.75 Å². The number of hydrogen-bond donors (Lipinski definition) is 2. The van der Waals surface area contributed by atoms with Crippen LogP contribution in [-0.2, 0) is 16.4 Å². The molecule has 4 aromatic carbocycles. The number of nitrogens with one attached hydrogen (secondary N) is 2. The average molecular weight is 539 g/mol. The summed E-state index contributed by atoms with van der Waals surface area (Å²) in [6.45, 7) is 4.18. The van der Waals surface area contributed by atoms with E-state index in [0.717, 1.165) is 40.1 Å². The summed E-state index contributed by atoms with van der Waals surface area (Å²) in [7, 11) is -2.17. The second-order valence-electron chi connectivity index (χ2n) is 10.2. The quantitative estimate of drug-likeness (QED) is 0.213. The summed E-state index contributed by atoms with van der Waals surface area (Å²) in [6, 6.07) is 28.8. The van der Waals surface area contributed by atoms with Gasteiger partial charge in [-0.15, -0.1) is 0 Å². The fourth-order valence-corrected chi connectivity index (χ4v) is 5.80. The Morgan fingerprint density at radius 1 is 0.897 bits per heavy atom. The van der Waals surface area contributed by atoms with E-state index in [9.17, 15) is 13.2 Å². The van der Waals surface area contributed by atoms with Gasteiger partial charge < -0.3 is 10.1 Å². The lowest BCUT2D eigenvalue weighted by Gasteiger charge is -2.35. The summed E-state index contributed by atoms with van der Waals surface area (Å²) in [5.41, 5.74) is 5.36. The first kappa shape index (κ1) is 26.3. The van der Waals surface area contributed by atoms with Gasteiger partial charge in [-0.25, -0.2) is 8.42 Å². The van der Waals surface area contributed by atoms with E-state index in [4.69, 9.17) is 4.74 Å². The smallest absolute Gasteiger partial charge is 0.261 e. The van der Waals surface area contributed by atoms with E-state index in [1.807, 2.05) is 48.5 Å². The van der Waals surface area contributed by atoms with Crippen LogP contribution in [0, 0.1) is 0 Å². The molecule has 1 heterocycles. The summed E-state index contributed by atoms with van der Waals surface area (Å²) in [5, 5.41) is 3.47. The van der Waals surface area contributed by atoms with Gasteiger partial charge in [-0.1, -0.05) is 48.5 Å². The molecule has 1 aliphatic heterocycles. The number of ketones is 1. The van der Waals surface area contributed by atoms with Gasteiger partial charge in [0.25, 0.3) is 10.0 Å². The third kappa shape index (κ3) is 5.89. The molecule has 0 aliphatic carbocycles. The van der Waals surface area contributed by atoms with Crippen molar-refractivity contribution in [2.24, 2.45) is 0 Å². The summed E-state index contributed by atoms with van der Waals surface area (Å²) in [6.07, 6.45) is 2.41. The largest absolute Gasteiger partial charge is 0.497 e. The zero-order valence-corrected chi connectivity index (χ0v) is 22.9. The highest BCUT2D eigenvalue weighted by Gasteiger charge is 2.28. The highest BCUT2D eigenvalue weighted by Crippen LogP contribution is 2.32. The zero-order chi connectivity index (χ0) is 27.6. The van der Waals surface area contributed by atoms with Gasteiger partial charge in [-0.05, 0) is 85.5 Å². The molecule has 0 unspecified atom stereocenters. The predicted molar refractivity (Wildman–Crippen MR) is 155 cm³/mol. The lowest BCUT2D eigenvalue weighted by atomic mass is 9.85. The lowest BCUT2D eigenvalue weighted by molar-refractivity contribution is 0.104. The number of methoxy groups -OCH3 is 1. The summed E-state index contributed by atoms with van der Waals surface area (Å²) in [4.78, 5) is 13.3. The van der Waals surface area contributed by atoms with Crippen molar-refractivity contribution in [3.63, 3.8) is 0 Å². The average Bonchev–Trinajstić information content (AvgIpc) is 2.93. The molecule has 0 amide bonds. The van der Waals surface area contributed by atoms with Crippen LogP contribution in [0.25, 0.3) is 16.8 Å². The van der Waals surface area contributed by atoms with Crippen LogP contribution in [0.5, 0.6) is 5.75 Å². The number of hydrogen-bond acceptors (Lipinski definition) is 5. The van der Waals surface area contributed by atoms with E-state index in [0.29, 0.717) is 11.3 Å². The van der Waals surface area contributed by atoms with Crippen molar-refractivity contribution in [1.82, 2.24) is 5.32 Å². The Kier molecular flexibility index (Phi) is 7.02. The Labute approximate surface area is 229 Å². The fraction of sp³-hybridized carbons (Fsp3) is 0.156. The first-order valence-corrected chi connectivity index (χ1v) is 14.1. The van der Waals surface area contributed by atoms with E-state index in [1.54, 1.807) is 61.7 Å². The lowest BCUT2D eigenvalue weighted by Crippen LogP contribution is -2.43. The standard InChI is InChI=1S/C32H30N2O4S/c1-32(2)21-25-11-16-27(38-3)19-29(25)30(33-32)20-31(35)24-9-14-26(15-10-24)34-39(36,37)28-17-12-23(13-18-28)22-7-5-4-6-8-22/h4-20,33-34H,21H2,1-3H3. The Bertz CT molecular complexity index is 1640. The number of sulfonamides is 1. The van der Waals surface area contributed by atoms with Crippen LogP contribution in [0.3, 0.4) is 0 Å². The normalized spacial score (nSPS) is 15.2. The van der Waals surface area contributed by atoms with Gasteiger partial charge in [0.05, 0.1) is 12.0 Å². The highest BCUT2D eigenvalue weighted by molar-refractivity contribution is 7.92. The molecule has 5 rings (SSSR count). The van der Waals surface area contributed by atoms with Crippen LogP contribution in [0.15, 0.2) is 108 Å². The molecule has 198 valence electrons. The molecule has 0 saturated heterocycles. The van der Waals surface area contributed by atoms with Crippen molar-refractivity contribution in [3.8, 4) is 16.9 Å². The summed E-state index contributed by atoms with van der Waals surface area (Å²) in [5.74, 6) is 0.537. The number of anilines is 1. The van der Waals surface area contributed by atoms with Gasteiger partial charge in [0.2, 0.25) is 0 Å². The molecule has 0 fully saturated rings. The molecule has 1 aliphatic rings. The maximum Gasteiger partial charge on any atom is 0.261 e. The van der Waals surface area contributed by atoms with Crippen molar-refractivity contribution in [2.45, 2.75) is 30.7 Å². The van der Waals surface area contributed by atoms with Gasteiger partial charge in [0, 0.05) is 34.1 Å². The van der Waals surface area contributed by atoms with E-state index in [2.05, 4.69) is 23.9 Å². The Morgan fingerprint density at radius 2 is 1.56 bits per heavy atom. The third-order valence-corrected chi connectivity index (χ3v) is 8.08. The molecule has 0 aromatic heterocycles. The van der Waals surface area contributed by atoms with Crippen molar-refractivity contribution in [3.05, 3.63) is 120 Å². The number of carbonyl (C=O) groups is 1. The van der Waals surface area contributed by atoms with E-state index >= 15 is 0 Å². The van der Waals surface area contributed by atoms with Crippen LogP contribution in [0.1, 0.15) is 35.3 Å². The minimum absolute atomic E-state index is 0.159. The number of benzene rings is 4. The monoisotopic (exact) mass is 538 g/mol. The van der Waals surface area contributed by atoms with Crippen molar-refractivity contribution in [1.29, 1.82) is 0 Å². The molecular weight excluding hydrogens is 508 g/mol. The second-order valence-corrected chi connectivity index (χ2v) is 11.9. The van der Waals surface area contributed by atoms with Gasteiger partial charge in [0.15, 0.2) is 5.78 Å². The molecule has 0 saturated carbocycles. The Morgan fingerprint density at radius 3 is 2.23 bits per heavy atom. The molecule has 0 spiro atoms. The fourth-order valence-electron chi connectivity index (χ4n) is 4.74. The molecule has 0 atom stereocenters. The summed E-state index contributed by atoms with van der Waals surface area (Å²) >= 11 is 0. The van der Waals surface area contributed by atoms with Crippen LogP contribution < -0.4 is 14.8 Å². The van der Waals surface area contributed by atoms with Crippen molar-refractivity contribution in [2.75, 3.05) is 11.8 Å². The zero-order valence-electron chi connectivity index (χ0n) is 22.1. The van der Waals surface area contributed by atoms with Crippen LogP contribution in [0.4, 0.5) is 5.69 Å². The van der Waals surface area contributed by atoms with Crippen LogP contribution >= 0.6 is 0 Å². The first-order chi connectivity index (χ1) is 18.6. The molecule has 0 radical (unpaired) electrons. The summed E-state index contributed by atoms with van der Waals surface area (Å²) < 4.78 is 33.9. The van der Waals surface area contributed by atoms with Crippen molar-refractivity contribution < 1.29 is 17.9 Å². The molecule has 4 aromatic rings. The topological polar surface area (TPSA) is 84.5 Å². The highest BCUT2D eigenvalue weighted by atomic mass is 32.2. The molecule has 0 bridgehead atoms. The Hall–Kier alpha value is -4.36. The molecule has 2 N–H and O–H groups in total. The minimum atomic E-state index is -3.79. The van der Waals surface area contributed by atoms with Crippen molar-refractivity contribution >= 4 is 27.2 Å². The maximum atomic E-state index is 13.2. The van der Waals surface area contributed by atoms with Gasteiger partial charge in [-0.3, -0.25) is 9.52 Å². The molecule has 39 heavy (non-hydrogen) atoms. The van der Waals surface area contributed by atoms with E-state index < -0.39 is 10.0 Å². The maximum absolute atomic E-state index is 13.2. The Balaban J connectivity index is 1.33.